The van der Waals surface area contributed by atoms with Crippen LogP contribution in [0.15, 0.2) is 249 Å². The Bertz CT molecular complexity index is 4540. The Kier molecular flexibility index (Phi) is 8.43. The summed E-state index contributed by atoms with van der Waals surface area (Å²) in [5, 5.41) is 12.7. The van der Waals surface area contributed by atoms with E-state index in [-0.39, 0.29) is 5.41 Å². The monoisotopic (exact) mass is 951 g/mol. The predicted molar refractivity (Wildman–Crippen MR) is 315 cm³/mol. The maximum absolute atomic E-state index is 2.65. The van der Waals surface area contributed by atoms with E-state index in [4.69, 9.17) is 0 Å². The lowest BCUT2D eigenvalue weighted by Gasteiger charge is -2.34. The molecule has 350 valence electrons. The normalized spacial score (nSPS) is 14.9. The number of benzene rings is 13. The Morgan fingerprint density at radius 1 is 0.267 bits per heavy atom. The van der Waals surface area contributed by atoms with Gasteiger partial charge >= 0.3 is 0 Å². The first-order chi connectivity index (χ1) is 37.2. The van der Waals surface area contributed by atoms with E-state index in [9.17, 15) is 0 Å². The zero-order chi connectivity index (χ0) is 49.0. The van der Waals surface area contributed by atoms with Crippen LogP contribution in [0, 0.1) is 0 Å². The highest BCUT2D eigenvalue weighted by molar-refractivity contribution is 6.26. The number of fused-ring (bicyclic) bond motifs is 24. The summed E-state index contributed by atoms with van der Waals surface area (Å²) in [7, 11) is 0. The van der Waals surface area contributed by atoms with Gasteiger partial charge in [0.25, 0.3) is 0 Å². The second kappa shape index (κ2) is 15.3. The molecule has 13 aromatic carbocycles. The SMILES string of the molecule is c1ccc2c(c1)-c1ccc(N(c3ccc4c5ccccc5c5ccccc5c4c3)c3cc4c(cc3-c3ccc5c(ccc6ccccc65)c3)-c3ccccc3C43c4ccccc4-c4ccccc43)cc1C21CCCC1. The molecule has 0 N–H and O–H groups in total. The zero-order valence-corrected chi connectivity index (χ0v) is 41.4. The van der Waals surface area contributed by atoms with Crippen LogP contribution >= 0.6 is 0 Å². The lowest BCUT2D eigenvalue weighted by molar-refractivity contribution is 0.550. The minimum absolute atomic E-state index is 0.00301. The van der Waals surface area contributed by atoms with Crippen LogP contribution in [-0.4, -0.2) is 0 Å². The van der Waals surface area contributed by atoms with Crippen LogP contribution in [0.3, 0.4) is 0 Å². The topological polar surface area (TPSA) is 3.24 Å². The number of hydrogen-bond acceptors (Lipinski definition) is 1. The molecule has 1 heteroatoms. The van der Waals surface area contributed by atoms with Gasteiger partial charge < -0.3 is 4.90 Å². The highest BCUT2D eigenvalue weighted by Crippen LogP contribution is 2.65. The molecule has 0 amide bonds. The molecule has 1 saturated carbocycles. The third-order valence-electron chi connectivity index (χ3n) is 18.4. The average Bonchev–Trinajstić information content (AvgIpc) is 4.28. The first-order valence-electron chi connectivity index (χ1n) is 26.9. The molecule has 0 heterocycles. The van der Waals surface area contributed by atoms with Gasteiger partial charge in [-0.3, -0.25) is 0 Å². The quantitative estimate of drug-likeness (QED) is 0.159. The smallest absolute Gasteiger partial charge is 0.0726 e. The standard InChI is InChI=1S/C74H49N/c1-2-18-51-46(17-1)31-32-47-41-48(33-36-52(47)51)63-44-65-61-26-10-14-30-69(61)74(67-28-12-8-24-59(67)60-25-9-13-29-68(60)74)71(65)45-72(63)75(50-35-38-62-58-23-7-11-27-66(58)73(70(62)43-50)39-15-16-40-73)49-34-37-57-55-21-4-3-19-53(55)54-20-5-6-22-56(54)64(57)42-49/h1-14,17-38,41-45H,15-16,39-40H2. The van der Waals surface area contributed by atoms with Crippen LogP contribution in [0.5, 0.6) is 0 Å². The van der Waals surface area contributed by atoms with Gasteiger partial charge in [0.1, 0.15) is 0 Å². The van der Waals surface area contributed by atoms with E-state index in [2.05, 4.69) is 254 Å². The predicted octanol–water partition coefficient (Wildman–Crippen LogP) is 19.8. The van der Waals surface area contributed by atoms with E-state index in [1.807, 2.05) is 0 Å². The molecule has 4 aliphatic carbocycles. The van der Waals surface area contributed by atoms with E-state index in [0.29, 0.717) is 0 Å². The summed E-state index contributed by atoms with van der Waals surface area (Å²) in [5.41, 5.74) is 21.7. The minimum atomic E-state index is -0.521. The van der Waals surface area contributed by atoms with Crippen molar-refractivity contribution in [2.24, 2.45) is 0 Å². The summed E-state index contributed by atoms with van der Waals surface area (Å²) in [6.07, 6.45) is 4.83. The van der Waals surface area contributed by atoms with Gasteiger partial charge in [-0.05, 0) is 181 Å². The summed E-state index contributed by atoms with van der Waals surface area (Å²) >= 11 is 0. The fraction of sp³-hybridized carbons (Fsp3) is 0.0811. The Morgan fingerprint density at radius 2 is 0.733 bits per heavy atom. The van der Waals surface area contributed by atoms with Crippen molar-refractivity contribution in [3.63, 3.8) is 0 Å². The average molecular weight is 952 g/mol. The molecule has 0 aromatic heterocycles. The van der Waals surface area contributed by atoms with Gasteiger partial charge in [-0.2, -0.15) is 0 Å². The summed E-state index contributed by atoms with van der Waals surface area (Å²) in [6.45, 7) is 0. The molecular formula is C74H49N. The third kappa shape index (κ3) is 5.47. The highest BCUT2D eigenvalue weighted by Gasteiger charge is 2.52. The van der Waals surface area contributed by atoms with Crippen LogP contribution in [0.1, 0.15) is 59.1 Å². The molecule has 13 aromatic rings. The van der Waals surface area contributed by atoms with Crippen molar-refractivity contribution in [1.29, 1.82) is 0 Å². The van der Waals surface area contributed by atoms with Gasteiger partial charge in [-0.25, -0.2) is 0 Å². The van der Waals surface area contributed by atoms with Gasteiger partial charge in [0.05, 0.1) is 11.1 Å². The van der Waals surface area contributed by atoms with Crippen molar-refractivity contribution >= 4 is 70.9 Å². The van der Waals surface area contributed by atoms with Crippen molar-refractivity contribution in [3.05, 3.63) is 282 Å². The lowest BCUT2D eigenvalue weighted by Crippen LogP contribution is -2.26. The van der Waals surface area contributed by atoms with Crippen LogP contribution in [0.4, 0.5) is 17.1 Å². The molecule has 0 unspecified atom stereocenters. The summed E-state index contributed by atoms with van der Waals surface area (Å²) in [5.74, 6) is 0. The first kappa shape index (κ1) is 41.4. The van der Waals surface area contributed by atoms with Crippen LogP contribution < -0.4 is 4.90 Å². The zero-order valence-electron chi connectivity index (χ0n) is 41.4. The molecule has 75 heavy (non-hydrogen) atoms. The van der Waals surface area contributed by atoms with E-state index < -0.39 is 5.41 Å². The van der Waals surface area contributed by atoms with Crippen LogP contribution in [-0.2, 0) is 10.8 Å². The number of hydrogen-bond donors (Lipinski definition) is 0. The first-order valence-corrected chi connectivity index (χ1v) is 26.9. The van der Waals surface area contributed by atoms with Crippen LogP contribution in [0.2, 0.25) is 0 Å². The van der Waals surface area contributed by atoms with Crippen molar-refractivity contribution in [1.82, 2.24) is 0 Å². The minimum Gasteiger partial charge on any atom is -0.310 e. The van der Waals surface area contributed by atoms with Crippen molar-refractivity contribution < 1.29 is 0 Å². The van der Waals surface area contributed by atoms with Crippen molar-refractivity contribution in [2.45, 2.75) is 36.5 Å². The summed E-state index contributed by atoms with van der Waals surface area (Å²) in [6, 6.07) is 95.6. The third-order valence-corrected chi connectivity index (χ3v) is 18.4. The number of anilines is 3. The van der Waals surface area contributed by atoms with Crippen molar-refractivity contribution in [3.8, 4) is 44.5 Å². The lowest BCUT2D eigenvalue weighted by atomic mass is 9.70. The summed E-state index contributed by atoms with van der Waals surface area (Å²) < 4.78 is 0. The molecule has 0 saturated heterocycles. The van der Waals surface area contributed by atoms with Gasteiger partial charge in [-0.15, -0.1) is 0 Å². The van der Waals surface area contributed by atoms with Gasteiger partial charge in [0.15, 0.2) is 0 Å². The van der Waals surface area contributed by atoms with E-state index >= 15 is 0 Å². The Balaban J connectivity index is 1.01. The molecule has 0 atom stereocenters. The fourth-order valence-electron chi connectivity index (χ4n) is 15.3. The fourth-order valence-corrected chi connectivity index (χ4v) is 15.3. The number of nitrogens with zero attached hydrogens (tertiary/aromatic N) is 1. The molecule has 4 aliphatic rings. The molecule has 0 radical (unpaired) electrons. The molecule has 0 bridgehead atoms. The van der Waals surface area contributed by atoms with E-state index in [1.165, 1.54) is 169 Å². The Labute approximate surface area is 436 Å². The van der Waals surface area contributed by atoms with Crippen molar-refractivity contribution in [2.75, 3.05) is 4.90 Å². The molecule has 2 spiro atoms. The molecule has 0 aliphatic heterocycles. The molecule has 1 nitrogen and oxygen atoms in total. The largest absolute Gasteiger partial charge is 0.310 e. The second-order valence-electron chi connectivity index (χ2n) is 21.7. The maximum atomic E-state index is 2.65. The Hall–Kier alpha value is -9.04. The van der Waals surface area contributed by atoms with Crippen LogP contribution in [0.25, 0.3) is 98.4 Å². The number of rotatable bonds is 4. The van der Waals surface area contributed by atoms with E-state index in [1.54, 1.807) is 0 Å². The summed E-state index contributed by atoms with van der Waals surface area (Å²) in [4.78, 5) is 2.65. The molecular weight excluding hydrogens is 903 g/mol. The van der Waals surface area contributed by atoms with Gasteiger partial charge in [0, 0.05) is 22.4 Å². The van der Waals surface area contributed by atoms with Gasteiger partial charge in [0.2, 0.25) is 0 Å². The van der Waals surface area contributed by atoms with Gasteiger partial charge in [-0.1, -0.05) is 219 Å². The highest BCUT2D eigenvalue weighted by atomic mass is 15.1. The molecule has 17 rings (SSSR count). The second-order valence-corrected chi connectivity index (χ2v) is 21.7. The Morgan fingerprint density at radius 3 is 1.40 bits per heavy atom. The molecule has 1 fully saturated rings. The van der Waals surface area contributed by atoms with E-state index in [0.717, 1.165) is 5.69 Å². The maximum Gasteiger partial charge on any atom is 0.0726 e.